The van der Waals surface area contributed by atoms with E-state index in [0.29, 0.717) is 19.3 Å². The number of aryl methyl sites for hydroxylation is 1. The number of pyridine rings is 1. The number of fused-ring (bicyclic) bond motifs is 1. The van der Waals surface area contributed by atoms with E-state index in [2.05, 4.69) is 16.4 Å². The molecule has 3 aliphatic heterocycles. The van der Waals surface area contributed by atoms with Crippen molar-refractivity contribution >= 4 is 28.7 Å². The van der Waals surface area contributed by atoms with Gasteiger partial charge in [0.2, 0.25) is 5.91 Å². The predicted octanol–water partition coefficient (Wildman–Crippen LogP) is 4.86. The lowest BCUT2D eigenvalue weighted by Crippen LogP contribution is -2.61. The Bertz CT molecular complexity index is 1990. The molecule has 5 rings (SSSR count). The van der Waals surface area contributed by atoms with Gasteiger partial charge in [0.1, 0.15) is 23.4 Å². The lowest BCUT2D eigenvalue weighted by atomic mass is 9.78. The Morgan fingerprint density at radius 2 is 1.59 bits per heavy atom. The lowest BCUT2D eigenvalue weighted by molar-refractivity contribution is -0.320. The zero-order chi connectivity index (χ0) is 50.5. The molecular weight excluding hydrogens is 879 g/mol. The van der Waals surface area contributed by atoms with Crippen LogP contribution >= 0.6 is 0 Å². The van der Waals surface area contributed by atoms with Crippen LogP contribution in [-0.4, -0.2) is 162 Å². The molecule has 0 radical (unpaired) electrons. The van der Waals surface area contributed by atoms with Gasteiger partial charge in [-0.3, -0.25) is 19.4 Å². The van der Waals surface area contributed by atoms with Crippen molar-refractivity contribution in [3.05, 3.63) is 42.1 Å². The van der Waals surface area contributed by atoms with Crippen LogP contribution in [0.3, 0.4) is 0 Å². The van der Waals surface area contributed by atoms with Crippen LogP contribution in [0.5, 0.6) is 0 Å². The highest BCUT2D eigenvalue weighted by molar-refractivity contribution is 5.80. The Labute approximate surface area is 403 Å². The number of benzene rings is 1. The number of para-hydroxylation sites is 1. The van der Waals surface area contributed by atoms with E-state index in [1.54, 1.807) is 27.7 Å². The molecule has 384 valence electrons. The fraction of sp³-hybridized carbons (Fsp3) is 0.765. The molecule has 68 heavy (non-hydrogen) atoms. The van der Waals surface area contributed by atoms with Crippen LogP contribution in [-0.2, 0) is 58.7 Å². The quantitative estimate of drug-likeness (QED) is 0.197. The van der Waals surface area contributed by atoms with Gasteiger partial charge in [-0.05, 0) is 112 Å². The summed E-state index contributed by atoms with van der Waals surface area (Å²) in [5.74, 6) is -4.64. The van der Waals surface area contributed by atoms with E-state index in [0.717, 1.165) is 16.5 Å². The summed E-state index contributed by atoms with van der Waals surface area (Å²) in [4.78, 5) is 48.2. The van der Waals surface area contributed by atoms with Crippen molar-refractivity contribution in [3.8, 4) is 0 Å². The molecule has 1 aromatic heterocycles. The number of cyclic esters (lactones) is 1. The van der Waals surface area contributed by atoms with Crippen molar-refractivity contribution in [1.29, 1.82) is 0 Å². The summed E-state index contributed by atoms with van der Waals surface area (Å²) in [5, 5.41) is 39.1. The zero-order valence-electron chi connectivity index (χ0n) is 42.8. The molecule has 0 unspecified atom stereocenters. The number of nitrogens with one attached hydrogen (secondary N) is 1. The molecular formula is C51H81N3O14. The van der Waals surface area contributed by atoms with Crippen LogP contribution < -0.4 is 5.32 Å². The first-order valence-corrected chi connectivity index (χ1v) is 24.4. The van der Waals surface area contributed by atoms with Crippen LogP contribution in [0, 0.1) is 17.8 Å². The second-order valence-corrected chi connectivity index (χ2v) is 20.6. The minimum Gasteiger partial charge on any atom is -0.459 e. The SMILES string of the molecule is CC[C@@H]1OC(=O)[C@H](C)[C@H](O[C@H]2C[C@@](C)(OC)[C@@H](OC(=O)CCCc3cnc4ccccc4c3)[C@H](C)O2)[C@H](C)[C@@H](O[C@@H]2O[C@H](C)C[C@H](N(C)C)[C@H]2O)[C@@](C)(OC)C[C@@H](C)NC(=O)[C@@H](C)[C@@H](O)[C@]1(C)O. The number of hydrogen-bond acceptors (Lipinski definition) is 16. The summed E-state index contributed by atoms with van der Waals surface area (Å²) < 4.78 is 51.4. The summed E-state index contributed by atoms with van der Waals surface area (Å²) in [7, 11) is 6.82. The fourth-order valence-corrected chi connectivity index (χ4v) is 10.5. The van der Waals surface area contributed by atoms with E-state index in [1.807, 2.05) is 77.2 Å². The number of amides is 1. The third-order valence-electron chi connectivity index (χ3n) is 14.8. The topological polar surface area (TPSA) is 214 Å². The molecule has 4 N–H and O–H groups in total. The summed E-state index contributed by atoms with van der Waals surface area (Å²) >= 11 is 0. The number of hydrogen-bond donors (Lipinski definition) is 4. The van der Waals surface area contributed by atoms with E-state index in [-0.39, 0.29) is 37.8 Å². The van der Waals surface area contributed by atoms with Crippen LogP contribution in [0.2, 0.25) is 0 Å². The largest absolute Gasteiger partial charge is 0.459 e. The van der Waals surface area contributed by atoms with Crippen LogP contribution in [0.15, 0.2) is 36.5 Å². The van der Waals surface area contributed by atoms with Crippen molar-refractivity contribution in [3.63, 3.8) is 0 Å². The fourth-order valence-electron chi connectivity index (χ4n) is 10.5. The zero-order valence-corrected chi connectivity index (χ0v) is 42.8. The van der Waals surface area contributed by atoms with Gasteiger partial charge in [0.15, 0.2) is 18.7 Å². The smallest absolute Gasteiger partial charge is 0.311 e. The minimum absolute atomic E-state index is 0.0819. The van der Waals surface area contributed by atoms with Gasteiger partial charge in [-0.25, -0.2) is 0 Å². The number of carbonyl (C=O) groups excluding carboxylic acids is 3. The van der Waals surface area contributed by atoms with Crippen molar-refractivity contribution in [2.45, 2.75) is 204 Å². The highest BCUT2D eigenvalue weighted by Gasteiger charge is 2.54. The maximum Gasteiger partial charge on any atom is 0.311 e. The molecule has 3 fully saturated rings. The molecule has 17 heteroatoms. The first-order chi connectivity index (χ1) is 31.9. The Morgan fingerprint density at radius 1 is 0.926 bits per heavy atom. The van der Waals surface area contributed by atoms with Crippen LogP contribution in [0.4, 0.5) is 0 Å². The Kier molecular flexibility index (Phi) is 19.0. The van der Waals surface area contributed by atoms with Crippen molar-refractivity contribution in [2.24, 2.45) is 17.8 Å². The van der Waals surface area contributed by atoms with Crippen molar-refractivity contribution < 1.29 is 67.6 Å². The number of aliphatic hydroxyl groups is 3. The standard InChI is InChI=1S/C51H81N3O14/c1-15-38-51(10,60)43(57)32(6)46(58)53-28(2)25-49(8,61-13)44(68-48-41(56)37(54(11)12)23-29(3)63-48)30(4)42(31(5)47(59)65-38)67-40-26-50(9,62-14)45(33(7)64-40)66-39(55)22-18-19-34-24-35-20-16-17-21-36(35)52-27-34/h16-17,20-21,24,27-33,37-38,40-45,48,56-57,60H,15,18-19,22-23,25-26H2,1-14H3,(H,53,58)/t28-,29-,30+,31-,32+,33+,37+,38+,40+,41-,42-,43-,44-,45+,48+,49+,50-,51-/m1/s1. The molecule has 3 aliphatic rings. The van der Waals surface area contributed by atoms with Gasteiger partial charge in [-0.1, -0.05) is 39.0 Å². The molecule has 1 amide bonds. The van der Waals surface area contributed by atoms with Crippen molar-refractivity contribution in [1.82, 2.24) is 15.2 Å². The van der Waals surface area contributed by atoms with E-state index >= 15 is 0 Å². The highest BCUT2D eigenvalue weighted by atomic mass is 16.7. The Hall–Kier alpha value is -3.36. The van der Waals surface area contributed by atoms with Crippen molar-refractivity contribution in [2.75, 3.05) is 28.3 Å². The van der Waals surface area contributed by atoms with E-state index < -0.39 is 114 Å². The first-order valence-electron chi connectivity index (χ1n) is 24.4. The molecule has 0 spiro atoms. The van der Waals surface area contributed by atoms with E-state index in [4.69, 9.17) is 37.9 Å². The predicted molar refractivity (Wildman–Crippen MR) is 253 cm³/mol. The van der Waals surface area contributed by atoms with Gasteiger partial charge in [0.05, 0.1) is 53.5 Å². The minimum atomic E-state index is -2.03. The molecule has 4 heterocycles. The van der Waals surface area contributed by atoms with Gasteiger partial charge < -0.3 is 63.4 Å². The van der Waals surface area contributed by atoms with E-state index in [1.165, 1.54) is 28.1 Å². The number of ether oxygens (including phenoxy) is 8. The van der Waals surface area contributed by atoms with Gasteiger partial charge in [0.25, 0.3) is 0 Å². The number of aliphatic hydroxyl groups excluding tert-OH is 2. The summed E-state index contributed by atoms with van der Waals surface area (Å²) in [6, 6.07) is 9.07. The number of nitrogens with zero attached hydrogens (tertiary/aromatic N) is 2. The second-order valence-electron chi connectivity index (χ2n) is 20.6. The lowest BCUT2D eigenvalue weighted by Gasteiger charge is -2.50. The summed E-state index contributed by atoms with van der Waals surface area (Å²) in [5.41, 5.74) is -2.46. The molecule has 0 bridgehead atoms. The number of aromatic nitrogens is 1. The average Bonchev–Trinajstić information content (AvgIpc) is 3.29. The van der Waals surface area contributed by atoms with Crippen LogP contribution in [0.25, 0.3) is 10.9 Å². The Balaban J connectivity index is 1.47. The highest BCUT2D eigenvalue weighted by Crippen LogP contribution is 2.41. The number of methoxy groups -OCH3 is 2. The summed E-state index contributed by atoms with van der Waals surface area (Å²) in [6.45, 7) is 17.2. The first kappa shape index (κ1) is 55.6. The number of carbonyl (C=O) groups is 3. The molecule has 0 aliphatic carbocycles. The molecule has 3 saturated heterocycles. The normalized spacial score (nSPS) is 40.2. The number of rotatable bonds is 13. The number of likely N-dealkylation sites (N-methyl/N-ethyl adjacent to an activating group) is 1. The van der Waals surface area contributed by atoms with Crippen LogP contribution in [0.1, 0.15) is 113 Å². The van der Waals surface area contributed by atoms with Gasteiger partial charge in [0, 0.05) is 56.6 Å². The maximum atomic E-state index is 14.6. The van der Waals surface area contributed by atoms with Gasteiger partial charge in [-0.2, -0.15) is 0 Å². The molecule has 1 aromatic carbocycles. The molecule has 2 aromatic rings. The van der Waals surface area contributed by atoms with E-state index in [9.17, 15) is 29.7 Å². The van der Waals surface area contributed by atoms with Gasteiger partial charge in [-0.15, -0.1) is 0 Å². The number of esters is 2. The maximum absolute atomic E-state index is 14.6. The molecule has 17 nitrogen and oxygen atoms in total. The third-order valence-corrected chi connectivity index (χ3v) is 14.8. The average molecular weight is 960 g/mol. The summed E-state index contributed by atoms with van der Waals surface area (Å²) in [6.07, 6.45) is -5.93. The third kappa shape index (κ3) is 12.7. The molecule has 0 saturated carbocycles. The molecule has 18 atom stereocenters. The Morgan fingerprint density at radius 3 is 2.24 bits per heavy atom. The monoisotopic (exact) mass is 960 g/mol. The second kappa shape index (κ2) is 23.2. The van der Waals surface area contributed by atoms with Gasteiger partial charge >= 0.3 is 11.9 Å².